The normalized spacial score (nSPS) is 10.5. The van der Waals surface area contributed by atoms with Gasteiger partial charge in [0.1, 0.15) is 5.75 Å². The number of aryl methyl sites for hydroxylation is 10. The number of para-hydroxylation sites is 5. The Morgan fingerprint density at radius 2 is 0.850 bits per heavy atom. The van der Waals surface area contributed by atoms with Crippen LogP contribution >= 0.6 is 0 Å². The van der Waals surface area contributed by atoms with Crippen LogP contribution in [0.2, 0.25) is 0 Å². The third-order valence-electron chi connectivity index (χ3n) is 18.6. The van der Waals surface area contributed by atoms with E-state index in [1.54, 1.807) is 17.3 Å². The van der Waals surface area contributed by atoms with Crippen LogP contribution in [-0.4, -0.2) is 46.5 Å². The zero-order valence-electron chi connectivity index (χ0n) is 83.0. The molecule has 10 aromatic carbocycles. The second-order valence-corrected chi connectivity index (χ2v) is 27.1. The average molecular weight is 1700 g/mol. The van der Waals surface area contributed by atoms with E-state index >= 15 is 0 Å². The highest BCUT2D eigenvalue weighted by molar-refractivity contribution is 5.86. The predicted octanol–water partition coefficient (Wildman–Crippen LogP) is 34.4. The summed E-state index contributed by atoms with van der Waals surface area (Å²) in [5.41, 5.74) is 22.8. The van der Waals surface area contributed by atoms with Crippen LogP contribution in [0.4, 0.5) is 0 Å². The molecule has 0 saturated heterocycles. The second-order valence-electron chi connectivity index (χ2n) is 27.1. The van der Waals surface area contributed by atoms with Gasteiger partial charge in [0.05, 0.1) is 28.7 Å². The van der Waals surface area contributed by atoms with E-state index in [-0.39, 0.29) is 5.56 Å². The van der Waals surface area contributed by atoms with Gasteiger partial charge in [-0.1, -0.05) is 345 Å². The number of hydrogen-bond acceptors (Lipinski definition) is 7. The SMILES string of the molecule is CC.CC.CC.CC.CC.CC.CC.CC.CC.CC.CC1CCc2ccccc21.Cc1c[nH]c2ccccc12.Cc1cc2ccccc2[nH]1.Cc1cc2ccccc2[nH]c1=O.Cc1ccc2c(c1)CCO2.Cc1ccc2cccnc2c1.Cc1ccc2cnccc2n1.Cc1cccc2ccccc12.Cc1cccc2cccnc12.Cc1cnc2ccccc2c1. The standard InChI is InChI=1S/C11H10.C10H9NO.3C10H9N.C10H12.C9H8N2.2C9H9N.C9H10O.10C2H6/c1-9-5-4-7-10-6-2-3-8-11(9)10;1-7-6-8-4-2-3-5-9(8)11-10(7)12;1-8-4-2-5-9-6-3-7-11-10(8)9;1-8-4-5-9-3-2-6-11-10(9)7-8;1-8-6-9-4-2-3-5-10(9)11-7-8;1-8-6-7-9-4-2-3-5-10(8)9;1-7-2-3-8-6-10-5-4-9(8)11-7;1-7-6-10-9-5-3-2-4-8(7)9;1-7-6-8-4-2-3-5-9(8)10-7;1-7-2-3-9-8(6-7)4-5-10-9;10*1-2/h2-8H,1H3;2-6H,1H3,(H,11,12);3*2-7H,1H3;2-5,8H,6-7H2,1H3;2-6H,1H3;2*2-6,10H,1H3;2-3,6H,4-5H2,1H3;10*1-2H3. The Labute approximate surface area is 765 Å². The number of rotatable bonds is 0. The molecular formula is C117H154N8O2. The van der Waals surface area contributed by atoms with Gasteiger partial charge in [-0.15, -0.1) is 0 Å². The van der Waals surface area contributed by atoms with Crippen molar-refractivity contribution in [2.24, 2.45) is 0 Å². The number of H-pyrrole nitrogens is 3. The molecular weight excluding hydrogens is 1550 g/mol. The van der Waals surface area contributed by atoms with Crippen molar-refractivity contribution in [3.8, 4) is 5.75 Å². The van der Waals surface area contributed by atoms with Crippen molar-refractivity contribution in [2.75, 3.05) is 6.61 Å². The molecule has 0 saturated carbocycles. The summed E-state index contributed by atoms with van der Waals surface area (Å²) in [6, 6.07) is 95.1. The first-order chi connectivity index (χ1) is 62.1. The van der Waals surface area contributed by atoms with Crippen molar-refractivity contribution < 1.29 is 4.74 Å². The summed E-state index contributed by atoms with van der Waals surface area (Å²) in [6.45, 7) is 61.6. The lowest BCUT2D eigenvalue weighted by molar-refractivity contribution is 0.357. The van der Waals surface area contributed by atoms with E-state index in [2.05, 4.69) is 283 Å². The molecule has 1 aliphatic heterocycles. The number of nitrogens with zero attached hydrogens (tertiary/aromatic N) is 5. The Morgan fingerprint density at radius 3 is 1.49 bits per heavy atom. The number of ether oxygens (including phenoxy) is 1. The zero-order chi connectivity index (χ0) is 94.9. The van der Waals surface area contributed by atoms with Gasteiger partial charge in [-0.2, -0.15) is 0 Å². The largest absolute Gasteiger partial charge is 0.493 e. The Morgan fingerprint density at radius 1 is 0.331 bits per heavy atom. The summed E-state index contributed by atoms with van der Waals surface area (Å²) in [6.07, 6.45) is 14.9. The molecule has 0 bridgehead atoms. The monoisotopic (exact) mass is 1700 g/mol. The Kier molecular flexibility index (Phi) is 59.9. The number of aromatic amines is 3. The predicted molar refractivity (Wildman–Crippen MR) is 565 cm³/mol. The summed E-state index contributed by atoms with van der Waals surface area (Å²) < 4.78 is 5.35. The smallest absolute Gasteiger partial charge is 0.251 e. The third kappa shape index (κ3) is 38.8. The quantitative estimate of drug-likeness (QED) is 0.137. The number of fused-ring (bicyclic) bond motifs is 10. The van der Waals surface area contributed by atoms with Crippen LogP contribution < -0.4 is 10.3 Å². The number of aromatic nitrogens is 8. The van der Waals surface area contributed by atoms with Crippen LogP contribution in [-0.2, 0) is 12.8 Å². The van der Waals surface area contributed by atoms with Crippen molar-refractivity contribution in [3.63, 3.8) is 0 Å². The van der Waals surface area contributed by atoms with Gasteiger partial charge < -0.3 is 19.7 Å². The highest BCUT2D eigenvalue weighted by atomic mass is 16.5. The van der Waals surface area contributed by atoms with Crippen LogP contribution in [0, 0.1) is 62.3 Å². The van der Waals surface area contributed by atoms with Gasteiger partial charge in [0.25, 0.3) is 5.56 Å². The molecule has 8 aromatic heterocycles. The molecule has 1 aliphatic carbocycles. The highest BCUT2D eigenvalue weighted by Gasteiger charge is 2.16. The maximum Gasteiger partial charge on any atom is 0.251 e. The molecule has 1 unspecified atom stereocenters. The minimum absolute atomic E-state index is 0.00583. The maximum atomic E-state index is 11.2. The lowest BCUT2D eigenvalue weighted by atomic mass is 10.0. The average Bonchev–Trinajstić information content (AvgIpc) is 1.69. The maximum absolute atomic E-state index is 11.2. The van der Waals surface area contributed by atoms with Gasteiger partial charge in [-0.25, -0.2) is 0 Å². The van der Waals surface area contributed by atoms with Gasteiger partial charge in [0.2, 0.25) is 0 Å². The van der Waals surface area contributed by atoms with Crippen LogP contribution in [0.25, 0.3) is 87.1 Å². The summed E-state index contributed by atoms with van der Waals surface area (Å²) in [7, 11) is 0. The lowest BCUT2D eigenvalue weighted by Gasteiger charge is -2.01. The van der Waals surface area contributed by atoms with Crippen LogP contribution in [0.1, 0.15) is 225 Å². The van der Waals surface area contributed by atoms with E-state index in [1.165, 1.54) is 106 Å². The van der Waals surface area contributed by atoms with Crippen LogP contribution in [0.3, 0.4) is 0 Å². The number of pyridine rings is 6. The minimum Gasteiger partial charge on any atom is -0.493 e. The van der Waals surface area contributed by atoms with Crippen molar-refractivity contribution in [3.05, 3.63) is 394 Å². The van der Waals surface area contributed by atoms with Gasteiger partial charge in [-0.05, 0) is 232 Å². The molecule has 2 aliphatic rings. The van der Waals surface area contributed by atoms with Gasteiger partial charge >= 0.3 is 0 Å². The van der Waals surface area contributed by atoms with Gasteiger partial charge in [-0.3, -0.25) is 29.7 Å². The van der Waals surface area contributed by atoms with Crippen molar-refractivity contribution in [1.29, 1.82) is 0 Å². The number of nitrogens with one attached hydrogen (secondary N) is 3. The summed E-state index contributed by atoms with van der Waals surface area (Å²) in [5.74, 6) is 1.88. The molecule has 10 heteroatoms. The van der Waals surface area contributed by atoms with E-state index in [9.17, 15) is 4.79 Å². The molecule has 674 valence electrons. The molecule has 20 rings (SSSR count). The fourth-order valence-corrected chi connectivity index (χ4v) is 12.8. The van der Waals surface area contributed by atoms with E-state index < -0.39 is 0 Å². The summed E-state index contributed by atoms with van der Waals surface area (Å²) in [4.78, 5) is 41.6. The first-order valence-electron chi connectivity index (χ1n) is 46.6. The first kappa shape index (κ1) is 112. The second kappa shape index (κ2) is 67.7. The number of hydrogen-bond donors (Lipinski definition) is 3. The molecule has 1 atom stereocenters. The van der Waals surface area contributed by atoms with Crippen LogP contribution in [0.15, 0.2) is 321 Å². The molecule has 10 nitrogen and oxygen atoms in total. The molecule has 3 N–H and O–H groups in total. The van der Waals surface area contributed by atoms with E-state index in [1.807, 2.05) is 274 Å². The van der Waals surface area contributed by atoms with E-state index in [0.29, 0.717) is 0 Å². The van der Waals surface area contributed by atoms with Crippen molar-refractivity contribution in [1.82, 2.24) is 39.9 Å². The molecule has 18 aromatic rings. The van der Waals surface area contributed by atoms with Crippen molar-refractivity contribution >= 4 is 87.1 Å². The van der Waals surface area contributed by atoms with Gasteiger partial charge in [0, 0.05) is 104 Å². The highest BCUT2D eigenvalue weighted by Crippen LogP contribution is 2.32. The molecule has 127 heavy (non-hydrogen) atoms. The molecule has 0 spiro atoms. The fraction of sp³-hybridized carbons (Fsp3) is 0.299. The molecule has 0 radical (unpaired) electrons. The third-order valence-corrected chi connectivity index (χ3v) is 18.6. The first-order valence-corrected chi connectivity index (χ1v) is 46.6. The minimum atomic E-state index is -0.00583. The Hall–Kier alpha value is -12.7. The van der Waals surface area contributed by atoms with E-state index in [4.69, 9.17) is 4.74 Å². The molecule has 9 heterocycles. The molecule has 0 amide bonds. The van der Waals surface area contributed by atoms with E-state index in [0.717, 1.165) is 74.3 Å². The summed E-state index contributed by atoms with van der Waals surface area (Å²) >= 11 is 0. The summed E-state index contributed by atoms with van der Waals surface area (Å²) in [5, 5.41) is 11.1. The molecule has 0 fully saturated rings. The van der Waals surface area contributed by atoms with Crippen molar-refractivity contribution in [2.45, 2.75) is 233 Å². The van der Waals surface area contributed by atoms with Gasteiger partial charge in [0.15, 0.2) is 0 Å². The topological polar surface area (TPSA) is 138 Å². The number of benzene rings is 10. The Balaban J connectivity index is 0.000000690. The zero-order valence-corrected chi connectivity index (χ0v) is 83.0. The van der Waals surface area contributed by atoms with Crippen LogP contribution in [0.5, 0.6) is 5.75 Å². The Bertz CT molecular complexity index is 5650. The lowest BCUT2D eigenvalue weighted by Crippen LogP contribution is -2.08. The fourth-order valence-electron chi connectivity index (χ4n) is 12.8.